The molecule has 0 aliphatic carbocycles. The molecule has 2 aromatic rings. The number of H-pyrrole nitrogens is 1. The minimum atomic E-state index is -0.121. The van der Waals surface area contributed by atoms with Crippen LogP contribution in [0.2, 0.25) is 0 Å². The van der Waals surface area contributed by atoms with E-state index in [2.05, 4.69) is 27.4 Å². The Kier molecular flexibility index (Phi) is 4.75. The molecule has 108 valence electrons. The number of hydrogen-bond donors (Lipinski definition) is 3. The van der Waals surface area contributed by atoms with E-state index in [1.54, 1.807) is 12.3 Å². The molecule has 1 aromatic heterocycles. The van der Waals surface area contributed by atoms with E-state index in [-0.39, 0.29) is 5.91 Å². The zero-order valence-corrected chi connectivity index (χ0v) is 12.2. The Morgan fingerprint density at radius 1 is 1.43 bits per heavy atom. The van der Waals surface area contributed by atoms with Gasteiger partial charge in [0.2, 0.25) is 0 Å². The average Bonchev–Trinajstić information content (AvgIpc) is 2.89. The third-order valence-corrected chi connectivity index (χ3v) is 3.19. The quantitative estimate of drug-likeness (QED) is 0.741. The van der Waals surface area contributed by atoms with E-state index in [1.807, 2.05) is 26.0 Å². The van der Waals surface area contributed by atoms with Crippen molar-refractivity contribution in [1.82, 2.24) is 15.5 Å². The van der Waals surface area contributed by atoms with Gasteiger partial charge in [0.05, 0.1) is 12.7 Å². The summed E-state index contributed by atoms with van der Waals surface area (Å²) in [6.07, 6.45) is 1.71. The third-order valence-electron chi connectivity index (χ3n) is 3.19. The molecule has 0 atom stereocenters. The number of rotatable bonds is 3. The topological polar surface area (TPSA) is 83.8 Å². The number of benzene rings is 1. The highest BCUT2D eigenvalue weighted by molar-refractivity contribution is 5.96. The van der Waals surface area contributed by atoms with Crippen LogP contribution in [0.15, 0.2) is 24.4 Å². The number of aromatic amines is 1. The standard InChI is InChI=1S/C16H18N4O/c1-11-5-6-13(4-3-7-17)8-15(11)16(21)18-9-14-10-19-20-12(14)2/h5-6,8,10H,7,9,17H2,1-2H3,(H,18,21)(H,19,20). The van der Waals surface area contributed by atoms with E-state index in [0.29, 0.717) is 18.7 Å². The van der Waals surface area contributed by atoms with Crippen molar-refractivity contribution in [2.45, 2.75) is 20.4 Å². The van der Waals surface area contributed by atoms with E-state index in [9.17, 15) is 4.79 Å². The van der Waals surface area contributed by atoms with Crippen LogP contribution in [-0.4, -0.2) is 22.6 Å². The summed E-state index contributed by atoms with van der Waals surface area (Å²) in [6.45, 7) is 4.56. The van der Waals surface area contributed by atoms with Crippen LogP contribution in [0.3, 0.4) is 0 Å². The lowest BCUT2D eigenvalue weighted by molar-refractivity contribution is 0.0950. The third kappa shape index (κ3) is 3.71. The van der Waals surface area contributed by atoms with Crippen LogP contribution in [0.4, 0.5) is 0 Å². The van der Waals surface area contributed by atoms with Gasteiger partial charge in [-0.1, -0.05) is 17.9 Å². The van der Waals surface area contributed by atoms with Gasteiger partial charge in [0.1, 0.15) is 0 Å². The molecular formula is C16H18N4O. The number of aromatic nitrogens is 2. The van der Waals surface area contributed by atoms with Crippen LogP contribution in [0.1, 0.15) is 32.7 Å². The predicted molar refractivity (Wildman–Crippen MR) is 81.6 cm³/mol. The Morgan fingerprint density at radius 3 is 2.90 bits per heavy atom. The first kappa shape index (κ1) is 14.8. The molecule has 0 unspecified atom stereocenters. The summed E-state index contributed by atoms with van der Waals surface area (Å²) < 4.78 is 0. The van der Waals surface area contributed by atoms with Gasteiger partial charge in [-0.3, -0.25) is 9.89 Å². The molecule has 0 bridgehead atoms. The summed E-state index contributed by atoms with van der Waals surface area (Å²) in [5.41, 5.74) is 9.61. The number of amides is 1. The number of hydrogen-bond acceptors (Lipinski definition) is 3. The van der Waals surface area contributed by atoms with Crippen molar-refractivity contribution in [1.29, 1.82) is 0 Å². The van der Waals surface area contributed by atoms with E-state index in [1.165, 1.54) is 0 Å². The summed E-state index contributed by atoms with van der Waals surface area (Å²) in [5.74, 6) is 5.60. The zero-order chi connectivity index (χ0) is 15.2. The number of nitrogens with one attached hydrogen (secondary N) is 2. The van der Waals surface area contributed by atoms with Crippen molar-refractivity contribution in [3.05, 3.63) is 52.3 Å². The minimum absolute atomic E-state index is 0.121. The summed E-state index contributed by atoms with van der Waals surface area (Å²) >= 11 is 0. The van der Waals surface area contributed by atoms with Crippen LogP contribution >= 0.6 is 0 Å². The monoisotopic (exact) mass is 282 g/mol. The second kappa shape index (κ2) is 6.73. The Bertz CT molecular complexity index is 707. The lowest BCUT2D eigenvalue weighted by atomic mass is 10.0. The molecular weight excluding hydrogens is 264 g/mol. The molecule has 2 rings (SSSR count). The summed E-state index contributed by atoms with van der Waals surface area (Å²) in [6, 6.07) is 5.56. The van der Waals surface area contributed by atoms with Gasteiger partial charge in [0.25, 0.3) is 5.91 Å². The van der Waals surface area contributed by atoms with Crippen molar-refractivity contribution in [3.63, 3.8) is 0 Å². The van der Waals surface area contributed by atoms with E-state index < -0.39 is 0 Å². The van der Waals surface area contributed by atoms with Gasteiger partial charge in [0, 0.05) is 28.9 Å². The predicted octanol–water partition coefficient (Wildman–Crippen LogP) is 1.27. The molecule has 1 amide bonds. The first-order valence-corrected chi connectivity index (χ1v) is 6.68. The average molecular weight is 282 g/mol. The maximum atomic E-state index is 12.3. The minimum Gasteiger partial charge on any atom is -0.348 e. The maximum absolute atomic E-state index is 12.3. The number of nitrogens with two attached hydrogens (primary N) is 1. The number of carbonyl (C=O) groups excluding carboxylic acids is 1. The van der Waals surface area contributed by atoms with Gasteiger partial charge in [0.15, 0.2) is 0 Å². The van der Waals surface area contributed by atoms with Gasteiger partial charge in [-0.15, -0.1) is 0 Å². The lowest BCUT2D eigenvalue weighted by Gasteiger charge is -2.08. The molecule has 0 spiro atoms. The molecule has 0 fully saturated rings. The van der Waals surface area contributed by atoms with Gasteiger partial charge >= 0.3 is 0 Å². The van der Waals surface area contributed by atoms with Gasteiger partial charge < -0.3 is 11.1 Å². The second-order valence-electron chi connectivity index (χ2n) is 4.74. The Labute approximate surface area is 123 Å². The van der Waals surface area contributed by atoms with E-state index >= 15 is 0 Å². The molecule has 0 saturated carbocycles. The Balaban J connectivity index is 2.13. The smallest absolute Gasteiger partial charge is 0.251 e. The Morgan fingerprint density at radius 2 is 2.24 bits per heavy atom. The van der Waals surface area contributed by atoms with Crippen LogP contribution in [0.25, 0.3) is 0 Å². The van der Waals surface area contributed by atoms with E-state index in [4.69, 9.17) is 5.73 Å². The molecule has 0 aliphatic heterocycles. The van der Waals surface area contributed by atoms with Gasteiger partial charge in [-0.2, -0.15) is 5.10 Å². The van der Waals surface area contributed by atoms with Crippen molar-refractivity contribution in [3.8, 4) is 11.8 Å². The Hall–Kier alpha value is -2.58. The molecule has 1 aromatic carbocycles. The number of aryl methyl sites for hydroxylation is 2. The second-order valence-corrected chi connectivity index (χ2v) is 4.74. The lowest BCUT2D eigenvalue weighted by Crippen LogP contribution is -2.23. The first-order valence-electron chi connectivity index (χ1n) is 6.68. The highest BCUT2D eigenvalue weighted by Gasteiger charge is 2.10. The van der Waals surface area contributed by atoms with Crippen molar-refractivity contribution in [2.24, 2.45) is 5.73 Å². The van der Waals surface area contributed by atoms with Crippen molar-refractivity contribution < 1.29 is 4.79 Å². The normalized spacial score (nSPS) is 9.86. The van der Waals surface area contributed by atoms with Crippen molar-refractivity contribution >= 4 is 5.91 Å². The van der Waals surface area contributed by atoms with Gasteiger partial charge in [-0.05, 0) is 31.5 Å². The number of nitrogens with zero attached hydrogens (tertiary/aromatic N) is 1. The van der Waals surface area contributed by atoms with Crippen LogP contribution in [0.5, 0.6) is 0 Å². The first-order chi connectivity index (χ1) is 10.1. The molecule has 1 heterocycles. The summed E-state index contributed by atoms with van der Waals surface area (Å²) in [7, 11) is 0. The van der Waals surface area contributed by atoms with Gasteiger partial charge in [-0.25, -0.2) is 0 Å². The molecule has 0 radical (unpaired) electrons. The number of carbonyl (C=O) groups is 1. The molecule has 0 saturated heterocycles. The van der Waals surface area contributed by atoms with Crippen LogP contribution < -0.4 is 11.1 Å². The summed E-state index contributed by atoms with van der Waals surface area (Å²) in [4.78, 5) is 12.3. The summed E-state index contributed by atoms with van der Waals surface area (Å²) in [5, 5.41) is 9.67. The SMILES string of the molecule is Cc1ccc(C#CCN)cc1C(=O)NCc1cn[nH]c1C. The molecule has 5 nitrogen and oxygen atoms in total. The molecule has 4 N–H and O–H groups in total. The highest BCUT2D eigenvalue weighted by atomic mass is 16.1. The molecule has 5 heteroatoms. The maximum Gasteiger partial charge on any atom is 0.251 e. The van der Waals surface area contributed by atoms with Crippen LogP contribution in [-0.2, 0) is 6.54 Å². The molecule has 21 heavy (non-hydrogen) atoms. The fraction of sp³-hybridized carbons (Fsp3) is 0.250. The van der Waals surface area contributed by atoms with Crippen LogP contribution in [0, 0.1) is 25.7 Å². The largest absolute Gasteiger partial charge is 0.348 e. The highest BCUT2D eigenvalue weighted by Crippen LogP contribution is 2.11. The molecule has 0 aliphatic rings. The zero-order valence-electron chi connectivity index (χ0n) is 12.2. The van der Waals surface area contributed by atoms with Crippen molar-refractivity contribution in [2.75, 3.05) is 6.54 Å². The van der Waals surface area contributed by atoms with E-state index in [0.717, 1.165) is 22.4 Å². The fourth-order valence-electron chi connectivity index (χ4n) is 1.92. The fourth-order valence-corrected chi connectivity index (χ4v) is 1.92.